The van der Waals surface area contributed by atoms with Gasteiger partial charge in [-0.05, 0) is 86.3 Å². The number of rotatable bonds is 4. The SMILES string of the molecule is Cc1ccc(NC(=O)C(=O)Nn2c(C(=O)Nc3c(C)cccc3C)cc3cc(Br)ccc32)cc1C. The topological polar surface area (TPSA) is 92.2 Å². The first-order valence-corrected chi connectivity index (χ1v) is 11.8. The zero-order chi connectivity index (χ0) is 25.3. The van der Waals surface area contributed by atoms with Crippen LogP contribution in [-0.4, -0.2) is 22.4 Å². The lowest BCUT2D eigenvalue weighted by molar-refractivity contribution is -0.133. The minimum Gasteiger partial charge on any atom is -0.320 e. The Hall–Kier alpha value is -3.91. The molecule has 0 saturated carbocycles. The molecule has 8 heteroatoms. The summed E-state index contributed by atoms with van der Waals surface area (Å²) in [5.74, 6) is -2.15. The van der Waals surface area contributed by atoms with E-state index in [0.717, 1.165) is 32.1 Å². The van der Waals surface area contributed by atoms with Crippen molar-refractivity contribution >= 4 is 55.9 Å². The van der Waals surface area contributed by atoms with Crippen LogP contribution in [0.2, 0.25) is 0 Å². The van der Waals surface area contributed by atoms with Crippen LogP contribution in [0, 0.1) is 27.7 Å². The molecule has 0 aliphatic carbocycles. The number of aromatic nitrogens is 1. The molecule has 0 radical (unpaired) electrons. The summed E-state index contributed by atoms with van der Waals surface area (Å²) in [6, 6.07) is 18.2. The van der Waals surface area contributed by atoms with Gasteiger partial charge in [-0.15, -0.1) is 0 Å². The van der Waals surface area contributed by atoms with E-state index in [9.17, 15) is 14.4 Å². The van der Waals surface area contributed by atoms with Crippen LogP contribution in [0.25, 0.3) is 10.9 Å². The fraction of sp³-hybridized carbons (Fsp3) is 0.148. The van der Waals surface area contributed by atoms with E-state index in [1.807, 2.05) is 58.0 Å². The van der Waals surface area contributed by atoms with Crippen LogP contribution in [0.4, 0.5) is 11.4 Å². The molecule has 3 aromatic carbocycles. The van der Waals surface area contributed by atoms with Crippen molar-refractivity contribution in [1.82, 2.24) is 4.68 Å². The highest BCUT2D eigenvalue weighted by Gasteiger charge is 2.22. The maximum Gasteiger partial charge on any atom is 0.328 e. The third-order valence-corrected chi connectivity index (χ3v) is 6.39. The molecule has 0 spiro atoms. The second kappa shape index (κ2) is 9.76. The molecule has 35 heavy (non-hydrogen) atoms. The number of halogens is 1. The second-order valence-electron chi connectivity index (χ2n) is 8.48. The normalized spacial score (nSPS) is 10.8. The minimum atomic E-state index is -0.898. The third kappa shape index (κ3) is 5.12. The Morgan fingerprint density at radius 3 is 2.14 bits per heavy atom. The summed E-state index contributed by atoms with van der Waals surface area (Å²) >= 11 is 3.44. The Morgan fingerprint density at radius 1 is 0.743 bits per heavy atom. The van der Waals surface area contributed by atoms with Gasteiger partial charge in [-0.2, -0.15) is 0 Å². The van der Waals surface area contributed by atoms with Crippen molar-refractivity contribution in [3.8, 4) is 0 Å². The van der Waals surface area contributed by atoms with E-state index < -0.39 is 17.7 Å². The number of para-hydroxylation sites is 1. The molecular formula is C27H25BrN4O3. The van der Waals surface area contributed by atoms with Crippen LogP contribution in [0.3, 0.4) is 0 Å². The molecule has 4 aromatic rings. The molecule has 3 N–H and O–H groups in total. The summed E-state index contributed by atoms with van der Waals surface area (Å²) in [5, 5.41) is 6.27. The van der Waals surface area contributed by atoms with Gasteiger partial charge in [0.15, 0.2) is 0 Å². The predicted octanol–water partition coefficient (Wildman–Crippen LogP) is 5.60. The number of anilines is 2. The molecule has 0 atom stereocenters. The summed E-state index contributed by atoms with van der Waals surface area (Å²) < 4.78 is 2.16. The first-order chi connectivity index (χ1) is 16.6. The Labute approximate surface area is 211 Å². The molecule has 0 bridgehead atoms. The monoisotopic (exact) mass is 532 g/mol. The number of aryl methyl sites for hydroxylation is 4. The molecule has 1 heterocycles. The number of hydrogen-bond donors (Lipinski definition) is 3. The Morgan fingerprint density at radius 2 is 1.46 bits per heavy atom. The molecule has 0 aliphatic heterocycles. The van der Waals surface area contributed by atoms with Crippen molar-refractivity contribution < 1.29 is 14.4 Å². The van der Waals surface area contributed by atoms with E-state index >= 15 is 0 Å². The van der Waals surface area contributed by atoms with Gasteiger partial charge in [-0.25, -0.2) is 4.68 Å². The Balaban J connectivity index is 1.65. The number of hydrogen-bond acceptors (Lipinski definition) is 3. The number of carbonyl (C=O) groups is 3. The largest absolute Gasteiger partial charge is 0.328 e. The average Bonchev–Trinajstić information content (AvgIpc) is 3.16. The number of nitrogens with zero attached hydrogens (tertiary/aromatic N) is 1. The van der Waals surface area contributed by atoms with Gasteiger partial charge in [-0.1, -0.05) is 40.2 Å². The van der Waals surface area contributed by atoms with Gasteiger partial charge in [0.2, 0.25) is 0 Å². The Kier molecular flexibility index (Phi) is 6.75. The zero-order valence-corrected chi connectivity index (χ0v) is 21.4. The molecule has 3 amide bonds. The lowest BCUT2D eigenvalue weighted by Gasteiger charge is -2.15. The highest BCUT2D eigenvalue weighted by Crippen LogP contribution is 2.25. The van der Waals surface area contributed by atoms with Crippen LogP contribution < -0.4 is 16.1 Å². The van der Waals surface area contributed by atoms with Crippen LogP contribution in [0.15, 0.2) is 65.1 Å². The zero-order valence-electron chi connectivity index (χ0n) is 19.8. The first kappa shape index (κ1) is 24.2. The van der Waals surface area contributed by atoms with Crippen LogP contribution >= 0.6 is 15.9 Å². The molecule has 0 saturated heterocycles. The van der Waals surface area contributed by atoms with Crippen molar-refractivity contribution in [2.75, 3.05) is 16.1 Å². The highest BCUT2D eigenvalue weighted by atomic mass is 79.9. The molecule has 178 valence electrons. The summed E-state index contributed by atoms with van der Waals surface area (Å²) in [5.41, 5.74) is 8.48. The summed E-state index contributed by atoms with van der Waals surface area (Å²) in [6.45, 7) is 7.71. The lowest BCUT2D eigenvalue weighted by Crippen LogP contribution is -2.36. The van der Waals surface area contributed by atoms with Gasteiger partial charge in [0.25, 0.3) is 5.91 Å². The van der Waals surface area contributed by atoms with Gasteiger partial charge in [-0.3, -0.25) is 19.8 Å². The summed E-state index contributed by atoms with van der Waals surface area (Å²) in [7, 11) is 0. The number of benzene rings is 3. The van der Waals surface area contributed by atoms with Crippen LogP contribution in [0.5, 0.6) is 0 Å². The second-order valence-corrected chi connectivity index (χ2v) is 9.40. The smallest absolute Gasteiger partial charge is 0.320 e. The van der Waals surface area contributed by atoms with Gasteiger partial charge in [0.05, 0.1) is 5.52 Å². The van der Waals surface area contributed by atoms with E-state index in [1.54, 1.807) is 30.3 Å². The van der Waals surface area contributed by atoms with Crippen LogP contribution in [0.1, 0.15) is 32.7 Å². The highest BCUT2D eigenvalue weighted by molar-refractivity contribution is 9.10. The maximum absolute atomic E-state index is 13.3. The van der Waals surface area contributed by atoms with Gasteiger partial charge >= 0.3 is 11.8 Å². The molecule has 1 aromatic heterocycles. The van der Waals surface area contributed by atoms with Crippen LogP contribution in [-0.2, 0) is 9.59 Å². The standard InChI is InChI=1S/C27H25BrN4O3/c1-15-8-10-21(12-18(15)4)29-26(34)27(35)31-32-22-11-9-20(28)13-19(22)14-23(32)25(33)30-24-16(2)6-5-7-17(24)3/h5-14H,1-4H3,(H,29,34)(H,30,33)(H,31,35). The fourth-order valence-corrected chi connectivity index (χ4v) is 4.20. The number of carbonyl (C=O) groups excluding carboxylic acids is 3. The molecule has 0 fully saturated rings. The Bertz CT molecular complexity index is 1470. The van der Waals surface area contributed by atoms with E-state index in [1.165, 1.54) is 4.68 Å². The van der Waals surface area contributed by atoms with E-state index in [2.05, 4.69) is 32.0 Å². The lowest BCUT2D eigenvalue weighted by atomic mass is 10.1. The van der Waals surface area contributed by atoms with Crippen molar-refractivity contribution in [2.45, 2.75) is 27.7 Å². The quantitative estimate of drug-likeness (QED) is 0.299. The molecular weight excluding hydrogens is 508 g/mol. The number of nitrogens with one attached hydrogen (secondary N) is 3. The molecule has 0 aliphatic rings. The molecule has 7 nitrogen and oxygen atoms in total. The van der Waals surface area contributed by atoms with Crippen molar-refractivity contribution in [2.24, 2.45) is 0 Å². The van der Waals surface area contributed by atoms with E-state index in [4.69, 9.17) is 0 Å². The van der Waals surface area contributed by atoms with Gasteiger partial charge < -0.3 is 10.6 Å². The maximum atomic E-state index is 13.3. The number of amides is 3. The van der Waals surface area contributed by atoms with Crippen molar-refractivity contribution in [1.29, 1.82) is 0 Å². The third-order valence-electron chi connectivity index (χ3n) is 5.90. The molecule has 0 unspecified atom stereocenters. The average molecular weight is 533 g/mol. The summed E-state index contributed by atoms with van der Waals surface area (Å²) in [4.78, 5) is 38.8. The number of fused-ring (bicyclic) bond motifs is 1. The predicted molar refractivity (Wildman–Crippen MR) is 142 cm³/mol. The first-order valence-electron chi connectivity index (χ1n) is 11.0. The van der Waals surface area contributed by atoms with E-state index in [-0.39, 0.29) is 5.69 Å². The van der Waals surface area contributed by atoms with Crippen molar-refractivity contribution in [3.63, 3.8) is 0 Å². The van der Waals surface area contributed by atoms with Gasteiger partial charge in [0.1, 0.15) is 5.69 Å². The fourth-order valence-electron chi connectivity index (χ4n) is 3.82. The van der Waals surface area contributed by atoms with Gasteiger partial charge in [0, 0.05) is 21.2 Å². The van der Waals surface area contributed by atoms with Crippen molar-refractivity contribution in [3.05, 3.63) is 93.1 Å². The van der Waals surface area contributed by atoms with E-state index in [0.29, 0.717) is 16.9 Å². The molecule has 4 rings (SSSR count). The minimum absolute atomic E-state index is 0.188. The summed E-state index contributed by atoms with van der Waals surface area (Å²) in [6.07, 6.45) is 0.